The summed E-state index contributed by atoms with van der Waals surface area (Å²) in [5, 5.41) is 0. The van der Waals surface area contributed by atoms with Crippen molar-refractivity contribution in [1.29, 1.82) is 0 Å². The van der Waals surface area contributed by atoms with E-state index in [1.807, 2.05) is 6.92 Å². The molecular weight excluding hydrogens is 316 g/mol. The van der Waals surface area contributed by atoms with Crippen molar-refractivity contribution in [2.24, 2.45) is 0 Å². The molecule has 106 valence electrons. The van der Waals surface area contributed by atoms with Crippen molar-refractivity contribution in [3.63, 3.8) is 0 Å². The Kier molecular flexibility index (Phi) is 5.30. The smallest absolute Gasteiger partial charge is 0.397 e. The summed E-state index contributed by atoms with van der Waals surface area (Å²) in [5.41, 5.74) is 11.3. The van der Waals surface area contributed by atoms with E-state index in [2.05, 4.69) is 13.0 Å². The number of nitrogens with two attached hydrogens (primary N) is 1. The number of hydrogen-bond acceptors (Lipinski definition) is 5. The minimum absolute atomic E-state index is 0.0745. The summed E-state index contributed by atoms with van der Waals surface area (Å²) < 4.78 is 24.3. The lowest BCUT2D eigenvalue weighted by atomic mass is 10.0. The van der Waals surface area contributed by atoms with Crippen molar-refractivity contribution < 1.29 is 32.2 Å². The predicted octanol–water partition coefficient (Wildman–Crippen LogP) is -1.14. The van der Waals surface area contributed by atoms with E-state index in [4.69, 9.17) is 18.3 Å². The molecule has 0 spiro atoms. The van der Waals surface area contributed by atoms with Gasteiger partial charge in [-0.3, -0.25) is 4.79 Å². The van der Waals surface area contributed by atoms with Gasteiger partial charge in [-0.05, 0) is 41.2 Å². The van der Waals surface area contributed by atoms with E-state index in [1.165, 1.54) is 11.1 Å². The molecule has 1 aromatic rings. The molecular formula is C12H17BrN2O4. The van der Waals surface area contributed by atoms with Crippen LogP contribution in [0.1, 0.15) is 23.6 Å². The summed E-state index contributed by atoms with van der Waals surface area (Å²) in [6, 6.07) is 2.10. The zero-order valence-electron chi connectivity index (χ0n) is 11.1. The molecule has 3 N–H and O–H groups in total. The average Bonchev–Trinajstić information content (AvgIpc) is 2.70. The number of anilines is 2. The van der Waals surface area contributed by atoms with Crippen LogP contribution in [0.5, 0.6) is 0 Å². The second kappa shape index (κ2) is 6.33. The fraction of sp³-hybridized carbons (Fsp3) is 0.417. The molecule has 0 bridgehead atoms. The first-order chi connectivity index (χ1) is 8.75. The topological polar surface area (TPSA) is 113 Å². The van der Waals surface area contributed by atoms with Crippen molar-refractivity contribution in [3.05, 3.63) is 22.8 Å². The van der Waals surface area contributed by atoms with Crippen LogP contribution in [0.4, 0.5) is 11.4 Å². The molecule has 1 aliphatic rings. The number of halogens is 1. The first-order valence-electron chi connectivity index (χ1n) is 5.66. The summed E-state index contributed by atoms with van der Waals surface area (Å²) in [5.74, 6) is 0.0745. The molecule has 0 radical (unpaired) electrons. The maximum absolute atomic E-state index is 11.5. The van der Waals surface area contributed by atoms with Crippen LogP contribution in [0.15, 0.2) is 6.07 Å². The highest BCUT2D eigenvalue weighted by atomic mass is 80.0. The van der Waals surface area contributed by atoms with Crippen molar-refractivity contribution in [2.45, 2.75) is 27.2 Å². The van der Waals surface area contributed by atoms with Gasteiger partial charge < -0.3 is 19.0 Å². The predicted molar refractivity (Wildman–Crippen MR) is 64.3 cm³/mol. The van der Waals surface area contributed by atoms with Gasteiger partial charge in [0, 0.05) is 13.5 Å². The number of nitrogen functional groups attached to an aromatic ring is 1. The zero-order chi connectivity index (χ0) is 14.7. The summed E-state index contributed by atoms with van der Waals surface area (Å²) >= 11 is -3.40. The molecule has 0 aromatic heterocycles. The summed E-state index contributed by atoms with van der Waals surface area (Å²) in [6.07, 6.45) is 0.922. The number of rotatable bonds is 0. The van der Waals surface area contributed by atoms with Crippen LogP contribution in [0.25, 0.3) is 0 Å². The van der Waals surface area contributed by atoms with Gasteiger partial charge in [-0.15, -0.1) is 0 Å². The van der Waals surface area contributed by atoms with Crippen LogP contribution in [-0.2, 0) is 11.2 Å². The molecule has 6 nitrogen and oxygen atoms in total. The maximum Gasteiger partial charge on any atom is 0.433 e. The zero-order valence-corrected chi connectivity index (χ0v) is 12.7. The lowest BCUT2D eigenvalue weighted by molar-refractivity contribution is -1.63. The molecule has 1 aliphatic heterocycles. The molecule has 7 heteroatoms. The van der Waals surface area contributed by atoms with Gasteiger partial charge in [0.2, 0.25) is 5.91 Å². The highest BCUT2D eigenvalue weighted by Gasteiger charge is 2.26. The van der Waals surface area contributed by atoms with Crippen LogP contribution in [-0.4, -0.2) is 16.6 Å². The normalized spacial score (nSPS) is 13.1. The third-order valence-corrected chi connectivity index (χ3v) is 3.11. The van der Waals surface area contributed by atoms with E-state index < -0.39 is 14.8 Å². The van der Waals surface area contributed by atoms with Crippen molar-refractivity contribution in [2.75, 3.05) is 17.2 Å². The molecule has 0 saturated carbocycles. The average molecular weight is 333 g/mol. The van der Waals surface area contributed by atoms with Gasteiger partial charge in [0.05, 0.1) is 11.4 Å². The summed E-state index contributed by atoms with van der Waals surface area (Å²) in [6.45, 7) is 6.42. The Bertz CT molecular complexity index is 488. The lowest BCUT2D eigenvalue weighted by Gasteiger charge is -2.18. The highest BCUT2D eigenvalue weighted by molar-refractivity contribution is 5.98. The molecule has 0 aliphatic carbocycles. The van der Waals surface area contributed by atoms with Crippen LogP contribution in [0.3, 0.4) is 0 Å². The van der Waals surface area contributed by atoms with E-state index in [0.29, 0.717) is 0 Å². The highest BCUT2D eigenvalue weighted by Crippen LogP contribution is 2.38. The second-order valence-corrected chi connectivity index (χ2v) is 5.22. The van der Waals surface area contributed by atoms with Gasteiger partial charge in [-0.2, -0.15) is 0 Å². The molecule has 1 amide bonds. The molecule has 19 heavy (non-hydrogen) atoms. The first kappa shape index (κ1) is 15.9. The fourth-order valence-corrected chi connectivity index (χ4v) is 2.30. The Morgan fingerprint density at radius 1 is 1.42 bits per heavy atom. The third kappa shape index (κ3) is 3.66. The van der Waals surface area contributed by atoms with Gasteiger partial charge >= 0.3 is 14.8 Å². The third-order valence-electron chi connectivity index (χ3n) is 3.11. The fourth-order valence-electron chi connectivity index (χ4n) is 2.30. The van der Waals surface area contributed by atoms with E-state index in [0.717, 1.165) is 29.9 Å². The van der Waals surface area contributed by atoms with Crippen molar-refractivity contribution in [1.82, 2.24) is 0 Å². The molecule has 1 aromatic carbocycles. The van der Waals surface area contributed by atoms with Gasteiger partial charge in [0.25, 0.3) is 0 Å². The summed E-state index contributed by atoms with van der Waals surface area (Å²) in [7, 11) is 0. The second-order valence-electron chi connectivity index (χ2n) is 4.37. The van der Waals surface area contributed by atoms with Crippen LogP contribution < -0.4 is 19.0 Å². The van der Waals surface area contributed by atoms with Gasteiger partial charge in [0.15, 0.2) is 0 Å². The minimum Gasteiger partial charge on any atom is -0.397 e. The monoisotopic (exact) mass is 332 g/mol. The molecule has 1 heterocycles. The number of carbonyl (C=O) groups is 1. The summed E-state index contributed by atoms with van der Waals surface area (Å²) in [4.78, 5) is 13.2. The quantitative estimate of drug-likeness (QED) is 0.583. The van der Waals surface area contributed by atoms with Gasteiger partial charge in [-0.25, -0.2) is 0 Å². The van der Waals surface area contributed by atoms with Crippen molar-refractivity contribution >= 4 is 17.3 Å². The Labute approximate surface area is 117 Å². The van der Waals surface area contributed by atoms with E-state index in [1.54, 1.807) is 11.8 Å². The number of benzene rings is 1. The number of fused-ring (bicyclic) bond motifs is 1. The Morgan fingerprint density at radius 2 is 1.95 bits per heavy atom. The SMILES string of the molecule is CC(=O)N1CCc2c(C)cc(C)c(N)c21.[O-][Br+2]([O-])O. The standard InChI is InChI=1S/C12H16N2O.BrHO3/c1-7-6-8(2)11(13)12-10(7)4-5-14(12)9(3)15;2-1(3)4/h6H,4-5,13H2,1-3H3;2H. The van der Waals surface area contributed by atoms with E-state index in [9.17, 15) is 4.79 Å². The number of amides is 1. The molecule has 0 fully saturated rings. The van der Waals surface area contributed by atoms with E-state index in [-0.39, 0.29) is 5.91 Å². The Balaban J connectivity index is 0.000000399. The maximum atomic E-state index is 11.5. The number of nitrogens with zero attached hydrogens (tertiary/aromatic N) is 1. The molecule has 0 atom stereocenters. The van der Waals surface area contributed by atoms with Gasteiger partial charge in [-0.1, -0.05) is 6.07 Å². The number of carbonyl (C=O) groups excluding carboxylic acids is 1. The largest absolute Gasteiger partial charge is 0.433 e. The van der Waals surface area contributed by atoms with Gasteiger partial charge in [0.1, 0.15) is 0 Å². The van der Waals surface area contributed by atoms with E-state index >= 15 is 0 Å². The van der Waals surface area contributed by atoms with Crippen LogP contribution >= 0.6 is 0 Å². The van der Waals surface area contributed by atoms with Crippen LogP contribution in [0.2, 0.25) is 0 Å². The minimum atomic E-state index is -3.40. The first-order valence-corrected chi connectivity index (χ1v) is 7.67. The molecule has 2 rings (SSSR count). The number of aryl methyl sites for hydroxylation is 2. The van der Waals surface area contributed by atoms with Crippen molar-refractivity contribution in [3.8, 4) is 0 Å². The Hall–Kier alpha value is -1.15. The molecule has 0 unspecified atom stereocenters. The Morgan fingerprint density at radius 3 is 2.42 bits per heavy atom. The van der Waals surface area contributed by atoms with Crippen LogP contribution in [0, 0.1) is 28.7 Å². The number of hydrogen-bond donors (Lipinski definition) is 2. The molecule has 0 saturated heterocycles. The lowest BCUT2D eigenvalue weighted by Crippen LogP contribution is -2.30.